The van der Waals surface area contributed by atoms with Crippen LogP contribution in [0.15, 0.2) is 89.8 Å². The second-order valence-corrected chi connectivity index (χ2v) is 32.8. The van der Waals surface area contributed by atoms with E-state index < -0.39 is 61.4 Å². The van der Waals surface area contributed by atoms with Crippen molar-refractivity contribution >= 4 is 60.7 Å². The van der Waals surface area contributed by atoms with Gasteiger partial charge in [0.25, 0.3) is 18.4 Å². The normalized spacial score (nSPS) is 18.3. The van der Waals surface area contributed by atoms with E-state index in [1.165, 1.54) is 22.5 Å². The highest BCUT2D eigenvalue weighted by atomic mass is 32.2. The quantitative estimate of drug-likeness (QED) is 0.0751. The predicted octanol–water partition coefficient (Wildman–Crippen LogP) is 8.66. The molecule has 0 aromatic heterocycles. The number of aliphatic hydroxyl groups is 3. The Balaban J connectivity index is 1.49. The van der Waals surface area contributed by atoms with Crippen LogP contribution in [0.25, 0.3) is 0 Å². The second kappa shape index (κ2) is 20.1. The van der Waals surface area contributed by atoms with E-state index in [9.17, 15) is 23.7 Å². The fourth-order valence-electron chi connectivity index (χ4n) is 7.88. The molecule has 1 aliphatic heterocycles. The van der Waals surface area contributed by atoms with E-state index in [-0.39, 0.29) is 27.8 Å². The molecule has 3 aromatic carbocycles. The van der Waals surface area contributed by atoms with Gasteiger partial charge in [0.15, 0.2) is 8.32 Å². The Morgan fingerprint density at radius 3 is 1.79 bits per heavy atom. The lowest BCUT2D eigenvalue weighted by molar-refractivity contribution is -0.0113. The number of thioether (sulfide) groups is 2. The van der Waals surface area contributed by atoms with Crippen LogP contribution in [-0.4, -0.2) is 93.1 Å². The molecule has 0 spiro atoms. The van der Waals surface area contributed by atoms with E-state index >= 15 is 0 Å². The molecule has 0 saturated carbocycles. The van der Waals surface area contributed by atoms with Gasteiger partial charge in [0.1, 0.15) is 0 Å². The van der Waals surface area contributed by atoms with Crippen molar-refractivity contribution in [3.8, 4) is 0 Å². The molecule has 324 valence electrons. The van der Waals surface area contributed by atoms with Crippen molar-refractivity contribution in [3.05, 3.63) is 90.5 Å². The summed E-state index contributed by atoms with van der Waals surface area (Å²) in [5.74, 6) is 1.84. The van der Waals surface area contributed by atoms with E-state index in [0.717, 1.165) is 23.5 Å². The summed E-state index contributed by atoms with van der Waals surface area (Å²) in [6.45, 7) is 21.5. The minimum absolute atomic E-state index is 0.0465. The minimum atomic E-state index is -4.07. The fraction of sp³-hybridized carbons (Fsp3) is 0.600. The number of rotatable bonds is 20. The summed E-state index contributed by atoms with van der Waals surface area (Å²) in [5.41, 5.74) is 0.0727. The van der Waals surface area contributed by atoms with Crippen LogP contribution < -0.4 is 10.4 Å². The summed E-state index contributed by atoms with van der Waals surface area (Å²) < 4.78 is 45.2. The summed E-state index contributed by atoms with van der Waals surface area (Å²) in [5, 5.41) is 36.7. The summed E-state index contributed by atoms with van der Waals surface area (Å²) in [6, 6.07) is 27.4. The number of benzene rings is 3. The van der Waals surface area contributed by atoms with Crippen molar-refractivity contribution in [1.29, 1.82) is 0 Å². The average Bonchev–Trinajstić information content (AvgIpc) is 3.12. The summed E-state index contributed by atoms with van der Waals surface area (Å²) >= 11 is 3.64. The van der Waals surface area contributed by atoms with Gasteiger partial charge in [-0.3, -0.25) is 4.18 Å². The Labute approximate surface area is 360 Å². The van der Waals surface area contributed by atoms with E-state index in [2.05, 4.69) is 103 Å². The zero-order chi connectivity index (χ0) is 43.0. The molecule has 58 heavy (non-hydrogen) atoms. The molecule has 4 rings (SSSR count). The van der Waals surface area contributed by atoms with Gasteiger partial charge in [-0.2, -0.15) is 8.42 Å². The molecule has 3 aromatic rings. The van der Waals surface area contributed by atoms with E-state index in [4.69, 9.17) is 13.0 Å². The maximum Gasteiger partial charge on any atom is 0.297 e. The predicted molar refractivity (Wildman–Crippen MR) is 248 cm³/mol. The molecule has 8 nitrogen and oxygen atoms in total. The monoisotopic (exact) mass is 890 g/mol. The lowest BCUT2D eigenvalue weighted by atomic mass is 9.90. The van der Waals surface area contributed by atoms with Crippen LogP contribution in [0.2, 0.25) is 23.2 Å². The van der Waals surface area contributed by atoms with Crippen molar-refractivity contribution < 1.29 is 36.8 Å². The summed E-state index contributed by atoms with van der Waals surface area (Å²) in [4.78, 5) is 0.0465. The van der Waals surface area contributed by atoms with Crippen LogP contribution in [0, 0.1) is 6.92 Å². The number of hydrogen-bond acceptors (Lipinski definition) is 10. The van der Waals surface area contributed by atoms with Crippen LogP contribution in [0.3, 0.4) is 0 Å². The number of hydrogen-bond donors (Lipinski definition) is 3. The van der Waals surface area contributed by atoms with Crippen molar-refractivity contribution in [2.75, 3.05) is 24.7 Å². The Kier molecular flexibility index (Phi) is 17.1. The van der Waals surface area contributed by atoms with E-state index in [1.54, 1.807) is 12.1 Å². The molecule has 0 unspecified atom stereocenters. The largest absolute Gasteiger partial charge is 0.411 e. The Hall–Kier alpha value is -1.50. The zero-order valence-electron chi connectivity index (χ0n) is 36.5. The third-order valence-corrected chi connectivity index (χ3v) is 26.0. The van der Waals surface area contributed by atoms with Crippen LogP contribution in [0.4, 0.5) is 0 Å². The van der Waals surface area contributed by atoms with Crippen LogP contribution >= 0.6 is 23.5 Å². The minimum Gasteiger partial charge on any atom is -0.411 e. The van der Waals surface area contributed by atoms with Gasteiger partial charge in [-0.25, -0.2) is 0 Å². The lowest BCUT2D eigenvalue weighted by Crippen LogP contribution is -2.66. The average molecular weight is 891 g/mol. The van der Waals surface area contributed by atoms with Gasteiger partial charge in [-0.1, -0.05) is 120 Å². The molecule has 4 atom stereocenters. The molecule has 0 aliphatic carbocycles. The van der Waals surface area contributed by atoms with Gasteiger partial charge in [-0.15, -0.1) is 23.5 Å². The summed E-state index contributed by atoms with van der Waals surface area (Å²) in [6.07, 6.45) is 0.0750. The first kappa shape index (κ1) is 49.2. The molecule has 3 N–H and O–H groups in total. The molecule has 1 heterocycles. The number of aliphatic hydroxyl groups excluding tert-OH is 3. The molecule has 13 heteroatoms. The van der Waals surface area contributed by atoms with Crippen molar-refractivity contribution in [2.24, 2.45) is 0 Å². The maximum absolute atomic E-state index is 13.0. The lowest BCUT2D eigenvalue weighted by Gasteiger charge is -2.49. The van der Waals surface area contributed by atoms with Gasteiger partial charge >= 0.3 is 0 Å². The highest BCUT2D eigenvalue weighted by molar-refractivity contribution is 8.18. The van der Waals surface area contributed by atoms with Crippen molar-refractivity contribution in [3.63, 3.8) is 0 Å². The zero-order valence-corrected chi connectivity index (χ0v) is 40.9. The highest BCUT2D eigenvalue weighted by Crippen LogP contribution is 2.53. The molecule has 0 bridgehead atoms. The maximum atomic E-state index is 13.0. The Morgan fingerprint density at radius 1 is 0.759 bits per heavy atom. The molecule has 1 saturated heterocycles. The Bertz CT molecular complexity index is 1770. The van der Waals surface area contributed by atoms with Gasteiger partial charge in [0, 0.05) is 13.0 Å². The molecule has 1 aliphatic rings. The van der Waals surface area contributed by atoms with Crippen molar-refractivity contribution in [2.45, 2.75) is 150 Å². The number of aryl methyl sites for hydroxylation is 1. The topological polar surface area (TPSA) is 123 Å². The van der Waals surface area contributed by atoms with Gasteiger partial charge in [0.05, 0.1) is 39.5 Å². The third-order valence-electron chi connectivity index (χ3n) is 11.6. The first-order chi connectivity index (χ1) is 26.9. The highest BCUT2D eigenvalue weighted by Gasteiger charge is 2.51. The molecule has 0 amide bonds. The summed E-state index contributed by atoms with van der Waals surface area (Å²) in [7, 11) is -9.24. The van der Waals surface area contributed by atoms with Crippen LogP contribution in [0.1, 0.15) is 92.6 Å². The molecular formula is C45H70O8S3Si2. The first-order valence-corrected chi connectivity index (χ1v) is 28.9. The Morgan fingerprint density at radius 2 is 1.29 bits per heavy atom. The van der Waals surface area contributed by atoms with E-state index in [1.807, 2.05) is 49.5 Å². The van der Waals surface area contributed by atoms with Crippen LogP contribution in [0.5, 0.6) is 0 Å². The molecular weight excluding hydrogens is 821 g/mol. The van der Waals surface area contributed by atoms with E-state index in [0.29, 0.717) is 25.9 Å². The van der Waals surface area contributed by atoms with Gasteiger partial charge in [-0.05, 0) is 103 Å². The third kappa shape index (κ3) is 13.0. The first-order valence-electron chi connectivity index (χ1n) is 20.7. The second-order valence-electron chi connectivity index (χ2n) is 18.9. The van der Waals surface area contributed by atoms with Gasteiger partial charge in [0.2, 0.25) is 0 Å². The fourth-order valence-corrected chi connectivity index (χ4v) is 18.9. The standard InChI is InChI=1S/C45H70O8S3Si2/c1-35-22-24-39(25-23-35)56(49,50)51-33-38(48)31-44(8,53-57(9,10)42(2,3)4)34-45(54-28-17-29-55-45)32-37(47)30-36(46)26-27-52-58(43(5,6)7,40-18-13-11-14-19-40)41-20-15-12-16-21-41/h11-16,18-25,36-38,46-48H,17,26-34H2,1-10H3/t36-,37-,38+,44-/m0/s1. The molecule has 1 fully saturated rings. The van der Waals surface area contributed by atoms with Gasteiger partial charge < -0.3 is 24.2 Å². The van der Waals surface area contributed by atoms with Crippen LogP contribution in [-0.2, 0) is 23.2 Å². The van der Waals surface area contributed by atoms with Crippen molar-refractivity contribution in [1.82, 2.24) is 0 Å². The SMILES string of the molecule is Cc1ccc(S(=O)(=O)OC[C@H](O)C[C@@](C)(CC2(C[C@@H](O)C[C@@H](O)CCO[Si](c3ccccc3)(c3ccccc3)C(C)(C)C)SCCCS2)O[Si](C)(C)C(C)(C)C)cc1. The smallest absolute Gasteiger partial charge is 0.297 e. The molecule has 0 radical (unpaired) electrons.